The molecule has 2 aromatic carbocycles. The molecule has 2 fully saturated rings. The highest BCUT2D eigenvalue weighted by Gasteiger charge is 2.61. The average molecular weight is 421 g/mol. The first-order chi connectivity index (χ1) is 14.9. The summed E-state index contributed by atoms with van der Waals surface area (Å²) in [5, 5.41) is 0. The summed E-state index contributed by atoms with van der Waals surface area (Å²) < 4.78 is 16.6. The molecule has 0 spiro atoms. The summed E-state index contributed by atoms with van der Waals surface area (Å²) >= 11 is 0. The molecule has 2 aromatic rings. The summed E-state index contributed by atoms with van der Waals surface area (Å²) in [6.45, 7) is 4.34. The van der Waals surface area contributed by atoms with E-state index in [9.17, 15) is 9.59 Å². The highest BCUT2D eigenvalue weighted by molar-refractivity contribution is 5.83. The average Bonchev–Trinajstić information content (AvgIpc) is 3.64. The lowest BCUT2D eigenvalue weighted by Gasteiger charge is -2.09. The van der Waals surface area contributed by atoms with Crippen molar-refractivity contribution in [2.45, 2.75) is 39.2 Å². The van der Waals surface area contributed by atoms with Gasteiger partial charge in [-0.3, -0.25) is 4.79 Å². The Balaban J connectivity index is 1.25. The number of carbonyl (C=O) groups excluding carboxylic acids is 2. The molecule has 0 N–H and O–H groups in total. The van der Waals surface area contributed by atoms with Crippen molar-refractivity contribution in [3.05, 3.63) is 72.3 Å². The van der Waals surface area contributed by atoms with Crippen molar-refractivity contribution in [1.29, 1.82) is 0 Å². The van der Waals surface area contributed by atoms with E-state index in [1.807, 2.05) is 68.4 Å². The quantitative estimate of drug-likeness (QED) is 0.417. The highest BCUT2D eigenvalue weighted by Crippen LogP contribution is 2.59. The van der Waals surface area contributed by atoms with Gasteiger partial charge in [-0.2, -0.15) is 0 Å². The van der Waals surface area contributed by atoms with Gasteiger partial charge in [0.25, 0.3) is 0 Å². The van der Waals surface area contributed by atoms with Crippen LogP contribution in [0.2, 0.25) is 0 Å². The van der Waals surface area contributed by atoms with Gasteiger partial charge in [-0.1, -0.05) is 50.3 Å². The summed E-state index contributed by atoms with van der Waals surface area (Å²) in [4.78, 5) is 24.3. The lowest BCUT2D eigenvalue weighted by molar-refractivity contribution is -0.146. The lowest BCUT2D eigenvalue weighted by atomic mass is 10.1. The fourth-order valence-corrected chi connectivity index (χ4v) is 3.81. The van der Waals surface area contributed by atoms with Gasteiger partial charge in [-0.25, -0.2) is 4.79 Å². The molecule has 2 aliphatic carbocycles. The summed E-state index contributed by atoms with van der Waals surface area (Å²) in [7, 11) is 0. The molecule has 0 bridgehead atoms. The third-order valence-corrected chi connectivity index (χ3v) is 5.92. The van der Waals surface area contributed by atoms with E-state index in [1.165, 1.54) is 6.08 Å². The van der Waals surface area contributed by atoms with E-state index < -0.39 is 0 Å². The van der Waals surface area contributed by atoms with Crippen molar-refractivity contribution in [3.8, 4) is 11.5 Å². The van der Waals surface area contributed by atoms with Crippen LogP contribution in [0, 0.1) is 17.3 Å². The Morgan fingerprint density at radius 2 is 1.77 bits per heavy atom. The van der Waals surface area contributed by atoms with Gasteiger partial charge in [-0.05, 0) is 54.0 Å². The highest BCUT2D eigenvalue weighted by atomic mass is 16.5. The minimum Gasteiger partial charge on any atom is -0.465 e. The molecule has 0 aliphatic heterocycles. The maximum absolute atomic E-state index is 12.6. The van der Waals surface area contributed by atoms with Gasteiger partial charge < -0.3 is 14.2 Å². The second-order valence-electron chi connectivity index (χ2n) is 8.80. The monoisotopic (exact) mass is 420 g/mol. The topological polar surface area (TPSA) is 61.8 Å². The third kappa shape index (κ3) is 5.54. The molecule has 0 radical (unpaired) electrons. The molecule has 0 amide bonds. The molecular formula is C26H28O5. The minimum atomic E-state index is -0.324. The van der Waals surface area contributed by atoms with E-state index in [-0.39, 0.29) is 35.3 Å². The van der Waals surface area contributed by atoms with Gasteiger partial charge in [0, 0.05) is 12.5 Å². The summed E-state index contributed by atoms with van der Waals surface area (Å²) in [6.07, 6.45) is 5.84. The molecule has 2 saturated carbocycles. The van der Waals surface area contributed by atoms with Crippen molar-refractivity contribution in [2.75, 3.05) is 6.61 Å². The maximum atomic E-state index is 12.6. The smallest absolute Gasteiger partial charge is 0.330 e. The van der Waals surface area contributed by atoms with Crippen molar-refractivity contribution in [2.24, 2.45) is 17.3 Å². The van der Waals surface area contributed by atoms with E-state index in [0.29, 0.717) is 13.0 Å². The number of rotatable bonds is 9. The van der Waals surface area contributed by atoms with Gasteiger partial charge in [0.05, 0.1) is 12.5 Å². The van der Waals surface area contributed by atoms with Crippen LogP contribution in [0.3, 0.4) is 0 Å². The van der Waals surface area contributed by atoms with Gasteiger partial charge in [0.2, 0.25) is 0 Å². The third-order valence-electron chi connectivity index (χ3n) is 5.92. The van der Waals surface area contributed by atoms with E-state index in [1.54, 1.807) is 6.08 Å². The van der Waals surface area contributed by atoms with Crippen LogP contribution in [0.5, 0.6) is 11.5 Å². The Morgan fingerprint density at radius 1 is 1.03 bits per heavy atom. The number of hydrogen-bond acceptors (Lipinski definition) is 5. The largest absolute Gasteiger partial charge is 0.465 e. The number of para-hydroxylation sites is 1. The van der Waals surface area contributed by atoms with Crippen LogP contribution in [0.25, 0.3) is 0 Å². The van der Waals surface area contributed by atoms with Gasteiger partial charge in [0.15, 0.2) is 0 Å². The maximum Gasteiger partial charge on any atom is 0.330 e. The molecule has 2 atom stereocenters. The minimum absolute atomic E-state index is 0.00523. The van der Waals surface area contributed by atoms with E-state index in [0.717, 1.165) is 29.9 Å². The number of hydrogen-bond donors (Lipinski definition) is 0. The van der Waals surface area contributed by atoms with E-state index >= 15 is 0 Å². The van der Waals surface area contributed by atoms with E-state index in [4.69, 9.17) is 14.2 Å². The zero-order valence-electron chi connectivity index (χ0n) is 18.0. The molecule has 0 saturated heterocycles. The molecule has 0 aromatic heterocycles. The second kappa shape index (κ2) is 8.96. The molecule has 0 heterocycles. The fourth-order valence-electron chi connectivity index (χ4n) is 3.81. The number of carbonyl (C=O) groups is 2. The van der Waals surface area contributed by atoms with Crippen molar-refractivity contribution >= 4 is 11.9 Å². The summed E-state index contributed by atoms with van der Waals surface area (Å²) in [6, 6.07) is 17.4. The fraction of sp³-hybridized carbons (Fsp3) is 0.385. The standard InChI is InChI=1S/C26H28O5/c1-26(2)22(13-14-23(27)31-20-11-12-20)24(26)25(28)29-16-15-18-7-6-10-21(17-18)30-19-8-4-3-5-9-19/h3-10,13-14,17,20,22,24H,11-12,15-16H2,1-2H3/t22-,24-/m0/s1. The zero-order chi connectivity index (χ0) is 21.8. The van der Waals surface area contributed by atoms with Crippen LogP contribution in [0.15, 0.2) is 66.7 Å². The molecule has 5 nitrogen and oxygen atoms in total. The molecule has 31 heavy (non-hydrogen) atoms. The molecule has 162 valence electrons. The van der Waals surface area contributed by atoms with Crippen molar-refractivity contribution in [1.82, 2.24) is 0 Å². The zero-order valence-corrected chi connectivity index (χ0v) is 18.0. The molecule has 0 unspecified atom stereocenters. The van der Waals surface area contributed by atoms with E-state index in [2.05, 4.69) is 0 Å². The van der Waals surface area contributed by atoms with Gasteiger partial charge in [0.1, 0.15) is 17.6 Å². The lowest BCUT2D eigenvalue weighted by Crippen LogP contribution is -2.12. The molecule has 5 heteroatoms. The van der Waals surface area contributed by atoms with Crippen LogP contribution in [0.1, 0.15) is 32.3 Å². The van der Waals surface area contributed by atoms with Crippen LogP contribution in [-0.4, -0.2) is 24.6 Å². The van der Waals surface area contributed by atoms with Crippen LogP contribution in [0.4, 0.5) is 0 Å². The molecule has 2 aliphatic rings. The predicted octanol–water partition coefficient (Wildman–Crippen LogP) is 5.10. The number of esters is 2. The Kier molecular flexibility index (Phi) is 6.12. The number of ether oxygens (including phenoxy) is 3. The first-order valence-electron chi connectivity index (χ1n) is 10.8. The van der Waals surface area contributed by atoms with Crippen LogP contribution >= 0.6 is 0 Å². The molecular weight excluding hydrogens is 392 g/mol. The van der Waals surface area contributed by atoms with Crippen LogP contribution < -0.4 is 4.74 Å². The van der Waals surface area contributed by atoms with Crippen molar-refractivity contribution in [3.63, 3.8) is 0 Å². The molecule has 4 rings (SSSR count). The summed E-state index contributed by atoms with van der Waals surface area (Å²) in [5.41, 5.74) is 0.826. The Hall–Kier alpha value is -3.08. The van der Waals surface area contributed by atoms with Gasteiger partial charge >= 0.3 is 11.9 Å². The summed E-state index contributed by atoms with van der Waals surface area (Å²) in [5.74, 6) is 0.755. The van der Waals surface area contributed by atoms with Crippen molar-refractivity contribution < 1.29 is 23.8 Å². The van der Waals surface area contributed by atoms with Crippen LogP contribution in [-0.2, 0) is 25.5 Å². The van der Waals surface area contributed by atoms with Gasteiger partial charge in [-0.15, -0.1) is 0 Å². The first-order valence-corrected chi connectivity index (χ1v) is 10.8. The predicted molar refractivity (Wildman–Crippen MR) is 117 cm³/mol. The number of benzene rings is 2. The SMILES string of the molecule is CC1(C)[C@H](C(=O)OCCc2cccc(Oc3ccccc3)c2)[C@@H]1C=CC(=O)OC1CC1. The first kappa shape index (κ1) is 21.2. The Bertz CT molecular complexity index is 959. The Morgan fingerprint density at radius 3 is 2.52 bits per heavy atom. The second-order valence-corrected chi connectivity index (χ2v) is 8.80. The normalized spacial score (nSPS) is 21.5. The Labute approximate surface area is 183 Å². The number of allylic oxidation sites excluding steroid dienone is 1.